The van der Waals surface area contributed by atoms with E-state index in [4.69, 9.17) is 10.5 Å². The summed E-state index contributed by atoms with van der Waals surface area (Å²) in [5.41, 5.74) is 6.81. The van der Waals surface area contributed by atoms with Crippen molar-refractivity contribution in [2.24, 2.45) is 5.73 Å². The minimum atomic E-state index is 0.769. The van der Waals surface area contributed by atoms with Crippen molar-refractivity contribution in [3.05, 3.63) is 28.2 Å². The van der Waals surface area contributed by atoms with Gasteiger partial charge >= 0.3 is 0 Å². The van der Waals surface area contributed by atoms with Crippen LogP contribution < -0.4 is 10.5 Å². The van der Waals surface area contributed by atoms with Crippen molar-refractivity contribution in [1.82, 2.24) is 0 Å². The molecule has 2 N–H and O–H groups in total. The summed E-state index contributed by atoms with van der Waals surface area (Å²) < 4.78 is 6.65. The molecule has 0 fully saturated rings. The number of rotatable bonds is 7. The van der Waals surface area contributed by atoms with Gasteiger partial charge in [0, 0.05) is 0 Å². The van der Waals surface area contributed by atoms with E-state index >= 15 is 0 Å². The quantitative estimate of drug-likeness (QED) is 0.778. The zero-order valence-corrected chi connectivity index (χ0v) is 11.4. The molecule has 0 unspecified atom stereocenters. The summed E-state index contributed by atoms with van der Waals surface area (Å²) in [6.45, 7) is 3.65. The average Bonchev–Trinajstić information content (AvgIpc) is 2.28. The highest BCUT2D eigenvalue weighted by Crippen LogP contribution is 2.26. The van der Waals surface area contributed by atoms with Crippen molar-refractivity contribution in [3.8, 4) is 5.75 Å². The highest BCUT2D eigenvalue weighted by Gasteiger charge is 2.02. The van der Waals surface area contributed by atoms with Gasteiger partial charge < -0.3 is 10.5 Å². The van der Waals surface area contributed by atoms with Gasteiger partial charge in [-0.05, 0) is 65.9 Å². The molecule has 1 rings (SSSR count). The van der Waals surface area contributed by atoms with Crippen LogP contribution in [0.3, 0.4) is 0 Å². The lowest BCUT2D eigenvalue weighted by Gasteiger charge is -2.08. The molecule has 1 aromatic carbocycles. The number of nitrogens with two attached hydrogens (primary N) is 1. The second-order valence-corrected chi connectivity index (χ2v) is 4.71. The fourth-order valence-corrected chi connectivity index (χ4v) is 2.04. The molecule has 0 aliphatic carbocycles. The van der Waals surface area contributed by atoms with Crippen LogP contribution in [-0.4, -0.2) is 13.2 Å². The lowest BCUT2D eigenvalue weighted by Crippen LogP contribution is -1.99. The molecule has 0 spiro atoms. The second-order valence-electron chi connectivity index (χ2n) is 3.86. The molecule has 0 saturated heterocycles. The summed E-state index contributed by atoms with van der Waals surface area (Å²) in [5.74, 6) is 0.935. The van der Waals surface area contributed by atoms with Gasteiger partial charge in [0.15, 0.2) is 0 Å². The van der Waals surface area contributed by atoms with Crippen LogP contribution in [0.25, 0.3) is 0 Å². The van der Waals surface area contributed by atoms with Gasteiger partial charge in [0.25, 0.3) is 0 Å². The maximum Gasteiger partial charge on any atom is 0.133 e. The predicted octanol–water partition coefficient (Wildman–Crippen LogP) is 3.52. The van der Waals surface area contributed by atoms with Crippen molar-refractivity contribution in [1.29, 1.82) is 0 Å². The van der Waals surface area contributed by atoms with E-state index in [1.807, 2.05) is 6.07 Å². The Kier molecular flexibility index (Phi) is 6.50. The van der Waals surface area contributed by atoms with E-state index in [0.29, 0.717) is 0 Å². The van der Waals surface area contributed by atoms with Gasteiger partial charge in [-0.3, -0.25) is 0 Å². The first-order chi connectivity index (χ1) is 7.77. The Bertz CT molecular complexity index is 315. The first-order valence-corrected chi connectivity index (χ1v) is 6.68. The molecular formula is C13H20BrNO. The molecule has 90 valence electrons. The Balaban J connectivity index is 2.53. The smallest absolute Gasteiger partial charge is 0.133 e. The summed E-state index contributed by atoms with van der Waals surface area (Å²) in [6.07, 6.45) is 4.36. The largest absolute Gasteiger partial charge is 0.492 e. The van der Waals surface area contributed by atoms with Crippen LogP contribution in [0.5, 0.6) is 5.75 Å². The van der Waals surface area contributed by atoms with Crippen LogP contribution >= 0.6 is 15.9 Å². The molecule has 0 heterocycles. The van der Waals surface area contributed by atoms with Gasteiger partial charge in [-0.2, -0.15) is 0 Å². The van der Waals surface area contributed by atoms with Crippen molar-refractivity contribution in [2.75, 3.05) is 13.2 Å². The van der Waals surface area contributed by atoms with E-state index < -0.39 is 0 Å². The molecule has 3 heteroatoms. The fraction of sp³-hybridized carbons (Fsp3) is 0.538. The SMILES string of the molecule is CCCOc1ccc(CCCCN)cc1Br. The van der Waals surface area contributed by atoms with Crippen molar-refractivity contribution >= 4 is 15.9 Å². The maximum absolute atomic E-state index is 5.60. The Morgan fingerprint density at radius 3 is 2.75 bits per heavy atom. The number of benzene rings is 1. The first-order valence-electron chi connectivity index (χ1n) is 5.89. The minimum Gasteiger partial charge on any atom is -0.492 e. The Morgan fingerprint density at radius 1 is 1.31 bits per heavy atom. The number of ether oxygens (including phenoxy) is 1. The summed E-state index contributed by atoms with van der Waals surface area (Å²) in [7, 11) is 0. The van der Waals surface area contributed by atoms with Gasteiger partial charge in [0.05, 0.1) is 11.1 Å². The second kappa shape index (κ2) is 7.69. The van der Waals surface area contributed by atoms with Crippen LogP contribution in [0.2, 0.25) is 0 Å². The summed E-state index contributed by atoms with van der Waals surface area (Å²) >= 11 is 3.54. The van der Waals surface area contributed by atoms with Crippen molar-refractivity contribution < 1.29 is 4.74 Å². The molecule has 2 nitrogen and oxygen atoms in total. The summed E-state index contributed by atoms with van der Waals surface area (Å²) in [4.78, 5) is 0. The molecule has 0 amide bonds. The number of hydrogen-bond donors (Lipinski definition) is 1. The van der Waals surface area contributed by atoms with E-state index in [9.17, 15) is 0 Å². The number of unbranched alkanes of at least 4 members (excludes halogenated alkanes) is 1. The molecule has 16 heavy (non-hydrogen) atoms. The molecule has 1 aromatic rings. The van der Waals surface area contributed by atoms with Gasteiger partial charge in [0.2, 0.25) is 0 Å². The van der Waals surface area contributed by atoms with Crippen LogP contribution in [0, 0.1) is 0 Å². The van der Waals surface area contributed by atoms with E-state index in [1.54, 1.807) is 0 Å². The van der Waals surface area contributed by atoms with Crippen LogP contribution in [0.4, 0.5) is 0 Å². The lowest BCUT2D eigenvalue weighted by atomic mass is 10.1. The predicted molar refractivity (Wildman–Crippen MR) is 71.9 cm³/mol. The Labute approximate surface area is 106 Å². The van der Waals surface area contributed by atoms with Crippen LogP contribution in [0.15, 0.2) is 22.7 Å². The normalized spacial score (nSPS) is 10.4. The Hall–Kier alpha value is -0.540. The molecule has 0 aromatic heterocycles. The molecular weight excluding hydrogens is 266 g/mol. The monoisotopic (exact) mass is 285 g/mol. The average molecular weight is 286 g/mol. The molecule has 0 aliphatic rings. The van der Waals surface area contributed by atoms with Gasteiger partial charge in [-0.1, -0.05) is 13.0 Å². The maximum atomic E-state index is 5.60. The van der Waals surface area contributed by atoms with Gasteiger partial charge in [0.1, 0.15) is 5.75 Å². The zero-order valence-electron chi connectivity index (χ0n) is 9.84. The van der Waals surface area contributed by atoms with Crippen molar-refractivity contribution in [2.45, 2.75) is 32.6 Å². The molecule has 0 aliphatic heterocycles. The summed E-state index contributed by atoms with van der Waals surface area (Å²) in [6, 6.07) is 6.31. The number of aryl methyl sites for hydroxylation is 1. The Morgan fingerprint density at radius 2 is 2.12 bits per heavy atom. The highest BCUT2D eigenvalue weighted by molar-refractivity contribution is 9.10. The third-order valence-corrected chi connectivity index (χ3v) is 3.00. The van der Waals surface area contributed by atoms with Crippen LogP contribution in [0.1, 0.15) is 31.7 Å². The zero-order chi connectivity index (χ0) is 11.8. The van der Waals surface area contributed by atoms with Gasteiger partial charge in [-0.25, -0.2) is 0 Å². The third kappa shape index (κ3) is 4.54. The first kappa shape index (κ1) is 13.5. The molecule has 0 saturated carbocycles. The third-order valence-electron chi connectivity index (χ3n) is 2.38. The number of halogens is 1. The van der Waals surface area contributed by atoms with E-state index in [1.165, 1.54) is 5.56 Å². The topological polar surface area (TPSA) is 35.2 Å². The van der Waals surface area contributed by atoms with Gasteiger partial charge in [-0.15, -0.1) is 0 Å². The van der Waals surface area contributed by atoms with E-state index in [2.05, 4.69) is 35.0 Å². The van der Waals surface area contributed by atoms with Crippen molar-refractivity contribution in [3.63, 3.8) is 0 Å². The molecule has 0 atom stereocenters. The lowest BCUT2D eigenvalue weighted by molar-refractivity contribution is 0.315. The van der Waals surface area contributed by atoms with Crippen LogP contribution in [-0.2, 0) is 6.42 Å². The number of hydrogen-bond acceptors (Lipinski definition) is 2. The minimum absolute atomic E-state index is 0.769. The van der Waals surface area contributed by atoms with E-state index in [-0.39, 0.29) is 0 Å². The highest BCUT2D eigenvalue weighted by atomic mass is 79.9. The molecule has 0 radical (unpaired) electrons. The molecule has 0 bridgehead atoms. The summed E-state index contributed by atoms with van der Waals surface area (Å²) in [5, 5.41) is 0. The fourth-order valence-electron chi connectivity index (χ4n) is 1.50. The van der Waals surface area contributed by atoms with E-state index in [0.717, 1.165) is 49.1 Å². The standard InChI is InChI=1S/C13H20BrNO/c1-2-9-16-13-7-6-11(10-12(13)14)5-3-4-8-15/h6-7,10H,2-5,8-9,15H2,1H3.